The van der Waals surface area contributed by atoms with Crippen molar-refractivity contribution in [3.05, 3.63) is 71.5 Å². The number of nitrogens with zero attached hydrogens (tertiary/aromatic N) is 5. The van der Waals surface area contributed by atoms with E-state index in [0.717, 1.165) is 5.56 Å². The summed E-state index contributed by atoms with van der Waals surface area (Å²) in [6, 6.07) is 9.49. The predicted molar refractivity (Wildman–Crippen MR) is 304 cm³/mol. The fraction of sp³-hybridized carbons (Fsp3) is 0.556. The molecule has 1 aromatic heterocycles. The number of aliphatic hydroxyl groups is 1. The van der Waals surface area contributed by atoms with Crippen LogP contribution in [0.1, 0.15) is 88.6 Å². The highest BCUT2D eigenvalue weighted by atomic mass is 16.5. The second-order valence-electron chi connectivity index (χ2n) is 19.7. The number of ether oxygens (including phenoxy) is 3. The van der Waals surface area contributed by atoms with Crippen molar-refractivity contribution in [3.63, 3.8) is 0 Å². The number of aliphatic carboxylic acids is 1. The van der Waals surface area contributed by atoms with Crippen LogP contribution in [0.5, 0.6) is 0 Å². The minimum Gasteiger partial charge on any atom is -0.480 e. The normalized spacial score (nSPS) is 12.7. The summed E-state index contributed by atoms with van der Waals surface area (Å²) >= 11 is 0. The Morgan fingerprint density at radius 2 is 1.21 bits per heavy atom. The number of hydrogen-bond acceptors (Lipinski definition) is 19. The standard InChI is InChI=1S/C54H82N16O14/c1-34(2)28-42(64-49(76)39(14-7-9-21-55)63-51(78)43(31-71)65-50(77)40(16-11-23-60-53(56)57)66-54(81)84-32-37-12-5-4-6-13-37)48(75)61-30-45(73)59-24-25-82-26-27-83-33-46(74)62-41(52(79)80)15-8-10-22-58-44(72)29-36-17-19-38(20-18-36)47-69-67-35(3)68-70-47/h4-6,12-13,17-20,34,39-43,71H,7-11,14-16,21-33,55H2,1-3H3,(H,58,72)(H,59,73)(H,61,75)(H,62,74)(H,63,78)(H,64,76)(H,65,77)(H,66,81)(H,79,80)(H4,56,57,60)/t39-,40-,41-,42-,43-/m0/s1. The lowest BCUT2D eigenvalue weighted by Crippen LogP contribution is -2.59. The van der Waals surface area contributed by atoms with Crippen LogP contribution >= 0.6 is 0 Å². The van der Waals surface area contributed by atoms with E-state index < -0.39 is 97.5 Å². The number of benzene rings is 2. The summed E-state index contributed by atoms with van der Waals surface area (Å²) in [7, 11) is 0. The van der Waals surface area contributed by atoms with Gasteiger partial charge in [-0.25, -0.2) is 9.59 Å². The van der Waals surface area contributed by atoms with Gasteiger partial charge in [-0.3, -0.25) is 38.6 Å². The molecular weight excluding hydrogens is 1100 g/mol. The van der Waals surface area contributed by atoms with Crippen LogP contribution in [0, 0.1) is 12.8 Å². The van der Waals surface area contributed by atoms with Crippen LogP contribution in [0.15, 0.2) is 59.6 Å². The number of aliphatic hydroxyl groups excluding tert-OH is 1. The molecule has 0 saturated carbocycles. The fourth-order valence-electron chi connectivity index (χ4n) is 7.76. The average Bonchev–Trinajstić information content (AvgIpc) is 3.67. The molecule has 0 bridgehead atoms. The van der Waals surface area contributed by atoms with Gasteiger partial charge in [0.25, 0.3) is 0 Å². The molecule has 5 atom stereocenters. The molecule has 0 unspecified atom stereocenters. The molecule has 0 saturated heterocycles. The van der Waals surface area contributed by atoms with E-state index in [0.29, 0.717) is 55.0 Å². The largest absolute Gasteiger partial charge is 0.480 e. The molecule has 8 amide bonds. The number of aliphatic imine (C=N–C) groups is 1. The molecule has 0 aliphatic carbocycles. The summed E-state index contributed by atoms with van der Waals surface area (Å²) in [6.45, 7) is 4.22. The molecule has 3 rings (SSSR count). The van der Waals surface area contributed by atoms with Gasteiger partial charge in [0.2, 0.25) is 47.2 Å². The Labute approximate surface area is 487 Å². The maximum Gasteiger partial charge on any atom is 0.408 e. The van der Waals surface area contributed by atoms with Crippen LogP contribution in [0.2, 0.25) is 0 Å². The molecular formula is C54H82N16O14. The second kappa shape index (κ2) is 39.9. The van der Waals surface area contributed by atoms with Crippen LogP contribution in [-0.4, -0.2) is 186 Å². The minimum absolute atomic E-state index is 0.00395. The number of unbranched alkanes of at least 4 members (excludes halogenated alkanes) is 2. The van der Waals surface area contributed by atoms with E-state index >= 15 is 0 Å². The predicted octanol–water partition coefficient (Wildman–Crippen LogP) is -2.12. The van der Waals surface area contributed by atoms with E-state index in [1.807, 2.05) is 13.8 Å². The van der Waals surface area contributed by atoms with Crippen molar-refractivity contribution < 1.29 is 67.6 Å². The number of carbonyl (C=O) groups is 9. The molecule has 30 nitrogen and oxygen atoms in total. The van der Waals surface area contributed by atoms with Crippen molar-refractivity contribution in [3.8, 4) is 11.4 Å². The van der Waals surface area contributed by atoms with Gasteiger partial charge in [0.15, 0.2) is 11.8 Å². The average molecular weight is 1180 g/mol. The lowest BCUT2D eigenvalue weighted by Gasteiger charge is -2.26. The van der Waals surface area contributed by atoms with Gasteiger partial charge in [0.05, 0.1) is 39.4 Å². The number of nitrogens with two attached hydrogens (primary N) is 3. The highest BCUT2D eigenvalue weighted by molar-refractivity contribution is 5.96. The zero-order valence-electron chi connectivity index (χ0n) is 47.8. The molecule has 1 heterocycles. The Hall–Kier alpha value is -8.48. The Balaban J connectivity index is 1.37. The van der Waals surface area contributed by atoms with Crippen molar-refractivity contribution in [1.29, 1.82) is 0 Å². The van der Waals surface area contributed by atoms with Crippen molar-refractivity contribution >= 4 is 59.4 Å². The quantitative estimate of drug-likeness (QED) is 0.0164. The summed E-state index contributed by atoms with van der Waals surface area (Å²) in [5.74, 6) is -5.36. The molecule has 0 aliphatic heterocycles. The maximum absolute atomic E-state index is 13.8. The van der Waals surface area contributed by atoms with Gasteiger partial charge in [0, 0.05) is 25.2 Å². The van der Waals surface area contributed by atoms with Crippen molar-refractivity contribution in [2.45, 2.75) is 122 Å². The van der Waals surface area contributed by atoms with Gasteiger partial charge in [0.1, 0.15) is 43.4 Å². The maximum atomic E-state index is 13.8. The number of carboxylic acid groups (broad SMARTS) is 1. The third-order valence-corrected chi connectivity index (χ3v) is 12.1. The van der Waals surface area contributed by atoms with Gasteiger partial charge in [-0.2, -0.15) is 0 Å². The summed E-state index contributed by atoms with van der Waals surface area (Å²) in [5.41, 5.74) is 18.7. The third kappa shape index (κ3) is 29.5. The molecule has 30 heteroatoms. The Morgan fingerprint density at radius 3 is 1.87 bits per heavy atom. The molecule has 2 aromatic carbocycles. The van der Waals surface area contributed by atoms with Crippen LogP contribution in [0.25, 0.3) is 11.4 Å². The monoisotopic (exact) mass is 1180 g/mol. The molecule has 0 spiro atoms. The number of nitrogens with one attached hydrogen (secondary N) is 8. The summed E-state index contributed by atoms with van der Waals surface area (Å²) in [5, 5.41) is 56.1. The lowest BCUT2D eigenvalue weighted by molar-refractivity contribution is -0.143. The van der Waals surface area contributed by atoms with Crippen LogP contribution in [-0.2, 0) is 65.6 Å². The van der Waals surface area contributed by atoms with Crippen LogP contribution < -0.4 is 59.7 Å². The second-order valence-corrected chi connectivity index (χ2v) is 19.7. The van der Waals surface area contributed by atoms with Crippen LogP contribution in [0.4, 0.5) is 4.79 Å². The fourth-order valence-corrected chi connectivity index (χ4v) is 7.76. The smallest absolute Gasteiger partial charge is 0.408 e. The number of carbonyl (C=O) groups excluding carboxylic acids is 8. The zero-order valence-corrected chi connectivity index (χ0v) is 47.8. The number of aryl methyl sites for hydroxylation is 1. The van der Waals surface area contributed by atoms with E-state index in [-0.39, 0.29) is 102 Å². The minimum atomic E-state index is -1.59. The number of amides is 8. The van der Waals surface area contributed by atoms with Gasteiger partial charge in [-0.1, -0.05) is 68.4 Å². The molecule has 462 valence electrons. The van der Waals surface area contributed by atoms with Gasteiger partial charge in [-0.15, -0.1) is 20.4 Å². The van der Waals surface area contributed by atoms with Crippen molar-refractivity contribution in [2.24, 2.45) is 28.1 Å². The first-order chi connectivity index (χ1) is 40.3. The first-order valence-corrected chi connectivity index (χ1v) is 27.6. The SMILES string of the molecule is Cc1nnc(-c2ccc(CC(=O)NCCCC[C@H](NC(=O)COCCOCCNC(=O)CNC(=O)[C@H](CC(C)C)NC(=O)[C@H](CCCCN)NC(=O)[C@H](CO)NC(=O)[C@H](CCCN=C(N)N)NC(=O)OCc3ccccc3)C(=O)O)cc2)nn1. The van der Waals surface area contributed by atoms with E-state index in [4.69, 9.17) is 31.4 Å². The van der Waals surface area contributed by atoms with Crippen molar-refractivity contribution in [2.75, 3.05) is 65.8 Å². The highest BCUT2D eigenvalue weighted by Gasteiger charge is 2.32. The summed E-state index contributed by atoms with van der Waals surface area (Å²) in [6.07, 6.45) is 1.51. The number of hydrogen-bond donors (Lipinski definition) is 13. The number of alkyl carbamates (subject to hydrolysis) is 1. The number of carboxylic acids is 1. The zero-order chi connectivity index (χ0) is 61.7. The molecule has 3 aromatic rings. The number of guanidine groups is 1. The van der Waals surface area contributed by atoms with Crippen molar-refractivity contribution in [1.82, 2.24) is 62.9 Å². The Morgan fingerprint density at radius 1 is 0.607 bits per heavy atom. The van der Waals surface area contributed by atoms with E-state index in [2.05, 4.69) is 67.9 Å². The molecule has 84 heavy (non-hydrogen) atoms. The van der Waals surface area contributed by atoms with E-state index in [9.17, 15) is 53.4 Å². The van der Waals surface area contributed by atoms with E-state index in [1.54, 1.807) is 61.5 Å². The lowest BCUT2D eigenvalue weighted by atomic mass is 10.0. The van der Waals surface area contributed by atoms with Gasteiger partial charge >= 0.3 is 12.1 Å². The molecule has 0 radical (unpaired) electrons. The summed E-state index contributed by atoms with van der Waals surface area (Å²) in [4.78, 5) is 120. The highest BCUT2D eigenvalue weighted by Crippen LogP contribution is 2.15. The first kappa shape index (κ1) is 69.8. The summed E-state index contributed by atoms with van der Waals surface area (Å²) < 4.78 is 16.0. The Kier molecular flexibility index (Phi) is 33.1. The van der Waals surface area contributed by atoms with Gasteiger partial charge < -0.3 is 84.2 Å². The topological polar surface area (TPSA) is 460 Å². The third-order valence-electron chi connectivity index (χ3n) is 12.1. The van der Waals surface area contributed by atoms with Crippen LogP contribution in [0.3, 0.4) is 0 Å². The Bertz CT molecular complexity index is 2560. The van der Waals surface area contributed by atoms with Gasteiger partial charge in [-0.05, 0) is 88.3 Å². The first-order valence-electron chi connectivity index (χ1n) is 27.6. The number of rotatable bonds is 41. The number of aromatic nitrogens is 4. The molecule has 0 aliphatic rings. The van der Waals surface area contributed by atoms with E-state index in [1.165, 1.54) is 0 Å². The molecule has 16 N–H and O–H groups in total. The molecule has 0 fully saturated rings.